The monoisotopic (exact) mass is 390 g/mol. The molecule has 0 aliphatic rings. The van der Waals surface area contributed by atoms with Crippen molar-refractivity contribution in [2.75, 3.05) is 5.32 Å². The molecule has 0 heterocycles. The SMILES string of the molecule is O=C(NCc1ccc(NC(=O)C(F)(F)F)cc1)c1ccc(C(F)(F)F)cc1. The molecule has 0 fully saturated rings. The Morgan fingerprint density at radius 1 is 0.815 bits per heavy atom. The average Bonchev–Trinajstić information content (AvgIpc) is 2.59. The van der Waals surface area contributed by atoms with Crippen molar-refractivity contribution in [1.82, 2.24) is 5.32 Å². The highest BCUT2D eigenvalue weighted by atomic mass is 19.4. The summed E-state index contributed by atoms with van der Waals surface area (Å²) in [4.78, 5) is 22.7. The molecule has 0 saturated carbocycles. The van der Waals surface area contributed by atoms with Gasteiger partial charge in [0.15, 0.2) is 0 Å². The van der Waals surface area contributed by atoms with Crippen molar-refractivity contribution in [2.24, 2.45) is 0 Å². The van der Waals surface area contributed by atoms with E-state index in [1.807, 2.05) is 0 Å². The van der Waals surface area contributed by atoms with Crippen molar-refractivity contribution in [3.63, 3.8) is 0 Å². The van der Waals surface area contributed by atoms with Crippen molar-refractivity contribution >= 4 is 17.5 Å². The first kappa shape index (κ1) is 20.3. The van der Waals surface area contributed by atoms with Crippen molar-refractivity contribution in [3.8, 4) is 0 Å². The smallest absolute Gasteiger partial charge is 0.348 e. The molecule has 0 aliphatic heterocycles. The van der Waals surface area contributed by atoms with Gasteiger partial charge in [-0.2, -0.15) is 26.3 Å². The maximum absolute atomic E-state index is 12.5. The zero-order chi connectivity index (χ0) is 20.2. The number of halogens is 6. The van der Waals surface area contributed by atoms with Crippen LogP contribution in [0.4, 0.5) is 32.0 Å². The molecule has 2 amide bonds. The van der Waals surface area contributed by atoms with Gasteiger partial charge in [0.25, 0.3) is 5.91 Å². The summed E-state index contributed by atoms with van der Waals surface area (Å²) in [6, 6.07) is 8.87. The maximum Gasteiger partial charge on any atom is 0.471 e. The topological polar surface area (TPSA) is 58.2 Å². The van der Waals surface area contributed by atoms with Crippen LogP contribution in [0.5, 0.6) is 0 Å². The minimum atomic E-state index is -5.01. The Kier molecular flexibility index (Phi) is 5.77. The molecule has 0 saturated heterocycles. The second kappa shape index (κ2) is 7.68. The third kappa shape index (κ3) is 5.73. The fraction of sp³-hybridized carbons (Fsp3) is 0.176. The summed E-state index contributed by atoms with van der Waals surface area (Å²) in [7, 11) is 0. The standard InChI is InChI=1S/C17H12F6N2O2/c18-16(19,20)12-5-3-11(4-6-12)14(26)24-9-10-1-7-13(8-2-10)25-15(27)17(21,22)23/h1-8H,9H2,(H,24,26)(H,25,27). The number of hydrogen-bond donors (Lipinski definition) is 2. The first-order valence-corrected chi connectivity index (χ1v) is 7.39. The van der Waals surface area contributed by atoms with Gasteiger partial charge in [0.05, 0.1) is 5.56 Å². The molecule has 0 radical (unpaired) electrons. The molecule has 27 heavy (non-hydrogen) atoms. The van der Waals surface area contributed by atoms with Crippen LogP contribution in [0.3, 0.4) is 0 Å². The fourth-order valence-electron chi connectivity index (χ4n) is 2.00. The summed E-state index contributed by atoms with van der Waals surface area (Å²) in [5.74, 6) is -2.72. The molecule has 4 nitrogen and oxygen atoms in total. The number of benzene rings is 2. The molecule has 2 aromatic carbocycles. The zero-order valence-corrected chi connectivity index (χ0v) is 13.4. The zero-order valence-electron chi connectivity index (χ0n) is 13.4. The molecule has 10 heteroatoms. The summed E-state index contributed by atoms with van der Waals surface area (Å²) in [6.45, 7) is -0.00659. The van der Waals surface area contributed by atoms with Gasteiger partial charge < -0.3 is 10.6 Å². The van der Waals surface area contributed by atoms with Gasteiger partial charge in [-0.1, -0.05) is 12.1 Å². The third-order valence-electron chi connectivity index (χ3n) is 3.40. The Labute approximate surface area is 149 Å². The highest BCUT2D eigenvalue weighted by Crippen LogP contribution is 2.29. The normalized spacial score (nSPS) is 11.8. The number of carbonyl (C=O) groups excluding carboxylic acids is 2. The van der Waals surface area contributed by atoms with E-state index in [0.717, 1.165) is 24.3 Å². The maximum atomic E-state index is 12.5. The van der Waals surface area contributed by atoms with Crippen LogP contribution in [0.2, 0.25) is 0 Å². The van der Waals surface area contributed by atoms with E-state index in [1.54, 1.807) is 5.32 Å². The van der Waals surface area contributed by atoms with E-state index in [-0.39, 0.29) is 17.8 Å². The van der Waals surface area contributed by atoms with E-state index in [9.17, 15) is 35.9 Å². The number of hydrogen-bond acceptors (Lipinski definition) is 2. The lowest BCUT2D eigenvalue weighted by molar-refractivity contribution is -0.167. The minimum absolute atomic E-state index is 0.00659. The Morgan fingerprint density at radius 2 is 1.37 bits per heavy atom. The Hall–Kier alpha value is -3.04. The number of rotatable bonds is 4. The van der Waals surface area contributed by atoms with E-state index >= 15 is 0 Å². The van der Waals surface area contributed by atoms with Crippen LogP contribution in [0.1, 0.15) is 21.5 Å². The van der Waals surface area contributed by atoms with Crippen molar-refractivity contribution in [1.29, 1.82) is 0 Å². The number of alkyl halides is 6. The van der Waals surface area contributed by atoms with Gasteiger partial charge in [-0.3, -0.25) is 9.59 Å². The Morgan fingerprint density at radius 3 is 1.85 bits per heavy atom. The summed E-state index contributed by atoms with van der Waals surface area (Å²) >= 11 is 0. The van der Waals surface area contributed by atoms with Gasteiger partial charge in [-0.25, -0.2) is 0 Å². The van der Waals surface area contributed by atoms with Gasteiger partial charge in [0.2, 0.25) is 0 Å². The molecular formula is C17H12F6N2O2. The molecule has 2 N–H and O–H groups in total. The molecule has 2 rings (SSSR count). The Balaban J connectivity index is 1.92. The predicted molar refractivity (Wildman–Crippen MR) is 83.7 cm³/mol. The van der Waals surface area contributed by atoms with Crippen LogP contribution in [0.25, 0.3) is 0 Å². The number of anilines is 1. The molecule has 0 bridgehead atoms. The van der Waals surface area contributed by atoms with Gasteiger partial charge in [0, 0.05) is 17.8 Å². The van der Waals surface area contributed by atoms with Crippen LogP contribution in [0.15, 0.2) is 48.5 Å². The quantitative estimate of drug-likeness (QED) is 0.772. The van der Waals surface area contributed by atoms with Crippen molar-refractivity contribution < 1.29 is 35.9 Å². The van der Waals surface area contributed by atoms with E-state index in [0.29, 0.717) is 5.56 Å². The number of amides is 2. The van der Waals surface area contributed by atoms with E-state index < -0.39 is 29.7 Å². The van der Waals surface area contributed by atoms with E-state index in [4.69, 9.17) is 0 Å². The third-order valence-corrected chi connectivity index (χ3v) is 3.40. The van der Waals surface area contributed by atoms with Crippen LogP contribution in [0, 0.1) is 0 Å². The summed E-state index contributed by atoms with van der Waals surface area (Å²) in [5, 5.41) is 4.14. The van der Waals surface area contributed by atoms with Gasteiger partial charge in [0.1, 0.15) is 0 Å². The molecule has 0 unspecified atom stereocenters. The number of nitrogens with one attached hydrogen (secondary N) is 2. The summed E-state index contributed by atoms with van der Waals surface area (Å²) in [5.41, 5.74) is -0.414. The molecule has 0 atom stereocenters. The highest BCUT2D eigenvalue weighted by molar-refractivity contribution is 5.95. The van der Waals surface area contributed by atoms with Gasteiger partial charge in [-0.05, 0) is 42.0 Å². The largest absolute Gasteiger partial charge is 0.471 e. The first-order chi connectivity index (χ1) is 12.5. The van der Waals surface area contributed by atoms with Crippen LogP contribution >= 0.6 is 0 Å². The molecule has 144 valence electrons. The lowest BCUT2D eigenvalue weighted by atomic mass is 10.1. The molecular weight excluding hydrogens is 378 g/mol. The second-order valence-electron chi connectivity index (χ2n) is 5.41. The van der Waals surface area contributed by atoms with Crippen LogP contribution in [-0.2, 0) is 17.5 Å². The summed E-state index contributed by atoms with van der Waals surface area (Å²) in [6.07, 6.45) is -9.51. The fourth-order valence-corrected chi connectivity index (χ4v) is 2.00. The van der Waals surface area contributed by atoms with Crippen LogP contribution in [-0.4, -0.2) is 18.0 Å². The first-order valence-electron chi connectivity index (χ1n) is 7.39. The molecule has 0 aromatic heterocycles. The molecule has 0 spiro atoms. The predicted octanol–water partition coefficient (Wildman–Crippen LogP) is 4.14. The average molecular weight is 390 g/mol. The second-order valence-corrected chi connectivity index (χ2v) is 5.41. The van der Waals surface area contributed by atoms with Crippen molar-refractivity contribution in [3.05, 3.63) is 65.2 Å². The lowest BCUT2D eigenvalue weighted by Crippen LogP contribution is -2.29. The molecule has 0 aliphatic carbocycles. The molecule has 2 aromatic rings. The minimum Gasteiger partial charge on any atom is -0.348 e. The van der Waals surface area contributed by atoms with Gasteiger partial charge >= 0.3 is 18.3 Å². The highest BCUT2D eigenvalue weighted by Gasteiger charge is 2.38. The number of carbonyl (C=O) groups is 2. The lowest BCUT2D eigenvalue weighted by Gasteiger charge is -2.10. The van der Waals surface area contributed by atoms with E-state index in [2.05, 4.69) is 5.32 Å². The Bertz CT molecular complexity index is 811. The van der Waals surface area contributed by atoms with Gasteiger partial charge in [-0.15, -0.1) is 0 Å². The summed E-state index contributed by atoms with van der Waals surface area (Å²) < 4.78 is 73.9. The van der Waals surface area contributed by atoms with E-state index in [1.165, 1.54) is 24.3 Å². The van der Waals surface area contributed by atoms with Crippen LogP contribution < -0.4 is 10.6 Å². The van der Waals surface area contributed by atoms with Crippen molar-refractivity contribution in [2.45, 2.75) is 18.9 Å².